The van der Waals surface area contributed by atoms with Crippen molar-refractivity contribution in [3.8, 4) is 0 Å². The zero-order valence-electron chi connectivity index (χ0n) is 16.8. The predicted molar refractivity (Wildman–Crippen MR) is 109 cm³/mol. The van der Waals surface area contributed by atoms with Gasteiger partial charge in [-0.05, 0) is 72.8 Å². The molecule has 4 rings (SSSR count). The molecule has 3 heteroatoms. The fraction of sp³-hybridized carbons (Fsp3) is 0.600. The molecular weight excluding hydrogens is 357 g/mol. The van der Waals surface area contributed by atoms with Crippen LogP contribution in [0.1, 0.15) is 82.6 Å². The molecule has 0 radical (unpaired) electrons. The van der Waals surface area contributed by atoms with Crippen LogP contribution in [0.4, 0.5) is 13.2 Å². The van der Waals surface area contributed by atoms with E-state index in [0.29, 0.717) is 16.9 Å². The first-order valence-electron chi connectivity index (χ1n) is 11.1. The number of hydrogen-bond donors (Lipinski definition) is 0. The van der Waals surface area contributed by atoms with E-state index in [1.165, 1.54) is 51.0 Å². The van der Waals surface area contributed by atoms with Gasteiger partial charge < -0.3 is 0 Å². The van der Waals surface area contributed by atoms with Crippen molar-refractivity contribution < 1.29 is 13.2 Å². The van der Waals surface area contributed by atoms with Gasteiger partial charge in [-0.25, -0.2) is 13.2 Å². The SMILES string of the molecule is CCCCCC1CCC2CC(c3ccc4ccc(F)c(F)c4c3F)CCC2C1. The number of benzene rings is 2. The lowest BCUT2D eigenvalue weighted by molar-refractivity contribution is 0.112. The average molecular weight is 389 g/mol. The Balaban J connectivity index is 1.48. The summed E-state index contributed by atoms with van der Waals surface area (Å²) in [5.41, 5.74) is 0.584. The van der Waals surface area contributed by atoms with Crippen LogP contribution in [0.2, 0.25) is 0 Å². The summed E-state index contributed by atoms with van der Waals surface area (Å²) < 4.78 is 43.0. The lowest BCUT2D eigenvalue weighted by atomic mass is 9.63. The molecule has 0 heterocycles. The van der Waals surface area contributed by atoms with Gasteiger partial charge in [0.1, 0.15) is 5.82 Å². The topological polar surface area (TPSA) is 0 Å². The third-order valence-corrected chi connectivity index (χ3v) is 7.42. The van der Waals surface area contributed by atoms with Crippen molar-refractivity contribution in [3.05, 3.63) is 47.3 Å². The third kappa shape index (κ3) is 3.82. The van der Waals surface area contributed by atoms with Crippen molar-refractivity contribution in [2.24, 2.45) is 17.8 Å². The van der Waals surface area contributed by atoms with E-state index in [-0.39, 0.29) is 11.3 Å². The van der Waals surface area contributed by atoms with Crippen molar-refractivity contribution >= 4 is 10.8 Å². The van der Waals surface area contributed by atoms with Crippen LogP contribution in [0, 0.1) is 35.2 Å². The Bertz CT molecular complexity index is 828. The summed E-state index contributed by atoms with van der Waals surface area (Å²) in [7, 11) is 0. The zero-order valence-corrected chi connectivity index (χ0v) is 16.8. The van der Waals surface area contributed by atoms with Crippen LogP contribution < -0.4 is 0 Å². The Hall–Kier alpha value is -1.51. The quantitative estimate of drug-likeness (QED) is 0.453. The van der Waals surface area contributed by atoms with Crippen LogP contribution in [0.3, 0.4) is 0 Å². The molecule has 0 aromatic heterocycles. The van der Waals surface area contributed by atoms with Crippen molar-refractivity contribution in [2.75, 3.05) is 0 Å². The highest BCUT2D eigenvalue weighted by molar-refractivity contribution is 5.84. The van der Waals surface area contributed by atoms with Crippen LogP contribution in [0.25, 0.3) is 10.8 Å². The molecule has 0 aliphatic heterocycles. The normalized spacial score (nSPS) is 27.7. The van der Waals surface area contributed by atoms with Gasteiger partial charge in [0.25, 0.3) is 0 Å². The van der Waals surface area contributed by atoms with Crippen LogP contribution >= 0.6 is 0 Å². The minimum atomic E-state index is -1.06. The number of halogens is 3. The molecule has 2 saturated carbocycles. The van der Waals surface area contributed by atoms with Crippen LogP contribution in [-0.4, -0.2) is 0 Å². The molecule has 0 amide bonds. The maximum atomic E-state index is 15.1. The van der Waals surface area contributed by atoms with E-state index in [2.05, 4.69) is 6.92 Å². The molecule has 2 aliphatic rings. The van der Waals surface area contributed by atoms with E-state index in [0.717, 1.165) is 37.2 Å². The Kier molecular flexibility index (Phi) is 5.99. The number of rotatable bonds is 5. The van der Waals surface area contributed by atoms with Gasteiger partial charge in [0.15, 0.2) is 11.6 Å². The molecule has 0 spiro atoms. The van der Waals surface area contributed by atoms with E-state index >= 15 is 4.39 Å². The Labute approximate surface area is 166 Å². The molecule has 152 valence electrons. The lowest BCUT2D eigenvalue weighted by Crippen LogP contribution is -2.30. The first kappa shape index (κ1) is 19.8. The molecule has 2 aromatic rings. The molecule has 2 aliphatic carbocycles. The van der Waals surface area contributed by atoms with Gasteiger partial charge in [0.2, 0.25) is 0 Å². The van der Waals surface area contributed by atoms with Crippen LogP contribution in [0.5, 0.6) is 0 Å². The van der Waals surface area contributed by atoms with Crippen molar-refractivity contribution in [1.82, 2.24) is 0 Å². The second kappa shape index (κ2) is 8.47. The molecule has 2 aromatic carbocycles. The number of hydrogen-bond acceptors (Lipinski definition) is 0. The van der Waals surface area contributed by atoms with Gasteiger partial charge in [-0.1, -0.05) is 57.2 Å². The van der Waals surface area contributed by atoms with Gasteiger partial charge in [-0.15, -0.1) is 0 Å². The highest BCUT2D eigenvalue weighted by Crippen LogP contribution is 2.49. The second-order valence-electron chi connectivity index (χ2n) is 9.13. The lowest BCUT2D eigenvalue weighted by Gasteiger charge is -2.42. The monoisotopic (exact) mass is 388 g/mol. The summed E-state index contributed by atoms with van der Waals surface area (Å²) in [6, 6.07) is 6.07. The van der Waals surface area contributed by atoms with Crippen molar-refractivity contribution in [1.29, 1.82) is 0 Å². The smallest absolute Gasteiger partial charge is 0.169 e. The Morgan fingerprint density at radius 1 is 0.821 bits per heavy atom. The van der Waals surface area contributed by atoms with E-state index in [1.807, 2.05) is 0 Å². The summed E-state index contributed by atoms with van der Waals surface area (Å²) in [5, 5.41) is 0.251. The maximum absolute atomic E-state index is 15.1. The number of fused-ring (bicyclic) bond motifs is 2. The van der Waals surface area contributed by atoms with Gasteiger partial charge in [0, 0.05) is 0 Å². The van der Waals surface area contributed by atoms with Gasteiger partial charge in [-0.2, -0.15) is 0 Å². The highest BCUT2D eigenvalue weighted by atomic mass is 19.2. The van der Waals surface area contributed by atoms with Crippen molar-refractivity contribution in [3.63, 3.8) is 0 Å². The van der Waals surface area contributed by atoms with Gasteiger partial charge in [0.05, 0.1) is 5.39 Å². The first-order valence-corrected chi connectivity index (χ1v) is 11.1. The molecule has 0 N–H and O–H groups in total. The number of unbranched alkanes of at least 4 members (excludes halogenated alkanes) is 2. The summed E-state index contributed by atoms with van der Waals surface area (Å²) in [6.45, 7) is 2.25. The zero-order chi connectivity index (χ0) is 19.7. The van der Waals surface area contributed by atoms with E-state index in [9.17, 15) is 8.78 Å². The molecule has 4 unspecified atom stereocenters. The fourth-order valence-electron chi connectivity index (χ4n) is 5.85. The Morgan fingerprint density at radius 2 is 1.57 bits per heavy atom. The Morgan fingerprint density at radius 3 is 2.39 bits per heavy atom. The molecular formula is C25H31F3. The van der Waals surface area contributed by atoms with Crippen LogP contribution in [0.15, 0.2) is 24.3 Å². The molecule has 4 atom stereocenters. The highest BCUT2D eigenvalue weighted by Gasteiger charge is 2.36. The fourth-order valence-corrected chi connectivity index (χ4v) is 5.85. The summed E-state index contributed by atoms with van der Waals surface area (Å²) in [6.07, 6.45) is 12.3. The minimum Gasteiger partial charge on any atom is -0.206 e. The molecule has 28 heavy (non-hydrogen) atoms. The summed E-state index contributed by atoms with van der Waals surface area (Å²) in [5.74, 6) is -0.148. The minimum absolute atomic E-state index is 0.130. The van der Waals surface area contributed by atoms with Crippen LogP contribution in [-0.2, 0) is 0 Å². The first-order chi connectivity index (χ1) is 13.6. The van der Waals surface area contributed by atoms with Crippen molar-refractivity contribution in [2.45, 2.75) is 77.0 Å². The van der Waals surface area contributed by atoms with E-state index in [1.54, 1.807) is 12.1 Å². The summed E-state index contributed by atoms with van der Waals surface area (Å²) in [4.78, 5) is 0. The average Bonchev–Trinajstić information content (AvgIpc) is 2.71. The molecule has 0 nitrogen and oxygen atoms in total. The standard InChI is InChI=1S/C25H31F3/c1-2-3-4-5-16-6-7-19-15-20(9-8-18(19)14-16)21-12-10-17-11-13-22(26)25(28)23(17)24(21)27/h10-13,16,18-20H,2-9,14-15H2,1H3. The predicted octanol–water partition coefficient (Wildman–Crippen LogP) is 8.14. The molecule has 0 saturated heterocycles. The van der Waals surface area contributed by atoms with E-state index < -0.39 is 17.5 Å². The van der Waals surface area contributed by atoms with E-state index in [4.69, 9.17) is 0 Å². The van der Waals surface area contributed by atoms with Gasteiger partial charge in [-0.3, -0.25) is 0 Å². The maximum Gasteiger partial charge on any atom is 0.169 e. The summed E-state index contributed by atoms with van der Waals surface area (Å²) >= 11 is 0. The molecule has 2 fully saturated rings. The largest absolute Gasteiger partial charge is 0.206 e. The van der Waals surface area contributed by atoms with Gasteiger partial charge >= 0.3 is 0 Å². The third-order valence-electron chi connectivity index (χ3n) is 7.42. The molecule has 0 bridgehead atoms. The second-order valence-corrected chi connectivity index (χ2v) is 9.13.